The molecule has 2 aromatic rings. The number of hydrogen-bond acceptors (Lipinski definition) is 1. The number of alkyl halides is 1. The first kappa shape index (κ1) is 16.4. The maximum Gasteiger partial charge on any atom is 0.235 e. The van der Waals surface area contributed by atoms with Crippen LogP contribution in [0, 0.1) is 11.6 Å². The summed E-state index contributed by atoms with van der Waals surface area (Å²) in [6.07, 6.45) is 0.535. The summed E-state index contributed by atoms with van der Waals surface area (Å²) in [4.78, 5) is 11.5. The molecule has 0 bridgehead atoms. The number of rotatable bonds is 6. The minimum absolute atomic E-state index is 0.189. The average Bonchev–Trinajstić information content (AvgIpc) is 2.51. The Morgan fingerprint density at radius 1 is 0.955 bits per heavy atom. The van der Waals surface area contributed by atoms with E-state index >= 15 is 0 Å². The fraction of sp³-hybridized carbons (Fsp3) is 0.235. The SMILES string of the molecule is O=C(CCl)NC(Cc1ccccc1F)Cc1ccccc1F. The van der Waals surface area contributed by atoms with Crippen molar-refractivity contribution in [2.24, 2.45) is 0 Å². The number of benzene rings is 2. The third-order valence-electron chi connectivity index (χ3n) is 3.33. The first-order valence-corrected chi connectivity index (χ1v) is 7.45. The van der Waals surface area contributed by atoms with E-state index in [1.807, 2.05) is 0 Å². The number of carbonyl (C=O) groups excluding carboxylic acids is 1. The average molecular weight is 324 g/mol. The Labute approximate surface area is 133 Å². The van der Waals surface area contributed by atoms with Crippen LogP contribution < -0.4 is 5.32 Å². The zero-order valence-corrected chi connectivity index (χ0v) is 12.6. The van der Waals surface area contributed by atoms with Crippen LogP contribution in [0.15, 0.2) is 48.5 Å². The summed E-state index contributed by atoms with van der Waals surface area (Å²) in [6.45, 7) is 0. The molecule has 2 rings (SSSR count). The molecule has 0 heterocycles. The first-order valence-electron chi connectivity index (χ1n) is 6.92. The molecule has 22 heavy (non-hydrogen) atoms. The normalized spacial score (nSPS) is 10.7. The van der Waals surface area contributed by atoms with Crippen LogP contribution >= 0.6 is 11.6 Å². The second kappa shape index (κ2) is 7.90. The quantitative estimate of drug-likeness (QED) is 0.810. The molecule has 0 aliphatic rings. The van der Waals surface area contributed by atoms with E-state index in [1.54, 1.807) is 36.4 Å². The summed E-state index contributed by atoms with van der Waals surface area (Å²) in [5.74, 6) is -1.24. The molecule has 0 fully saturated rings. The van der Waals surface area contributed by atoms with E-state index in [4.69, 9.17) is 11.6 Å². The molecule has 0 unspecified atom stereocenters. The van der Waals surface area contributed by atoms with Gasteiger partial charge in [-0.15, -0.1) is 11.6 Å². The summed E-state index contributed by atoms with van der Waals surface area (Å²) in [5, 5.41) is 2.71. The number of nitrogens with one attached hydrogen (secondary N) is 1. The third-order valence-corrected chi connectivity index (χ3v) is 3.58. The van der Waals surface area contributed by atoms with E-state index in [0.29, 0.717) is 11.1 Å². The first-order chi connectivity index (χ1) is 10.6. The van der Waals surface area contributed by atoms with Crippen molar-refractivity contribution < 1.29 is 13.6 Å². The van der Waals surface area contributed by atoms with Crippen molar-refractivity contribution in [2.45, 2.75) is 18.9 Å². The Kier molecular flexibility index (Phi) is 5.90. The van der Waals surface area contributed by atoms with Crippen LogP contribution in [0.3, 0.4) is 0 Å². The van der Waals surface area contributed by atoms with Gasteiger partial charge in [-0.05, 0) is 36.1 Å². The highest BCUT2D eigenvalue weighted by atomic mass is 35.5. The van der Waals surface area contributed by atoms with E-state index in [1.165, 1.54) is 12.1 Å². The van der Waals surface area contributed by atoms with Gasteiger partial charge in [0.1, 0.15) is 17.5 Å². The number of halogens is 3. The summed E-state index contributed by atoms with van der Waals surface area (Å²) in [5.41, 5.74) is 0.942. The van der Waals surface area contributed by atoms with E-state index in [0.717, 1.165) is 0 Å². The summed E-state index contributed by atoms with van der Waals surface area (Å²) >= 11 is 5.50. The maximum absolute atomic E-state index is 13.8. The zero-order valence-electron chi connectivity index (χ0n) is 11.9. The summed E-state index contributed by atoms with van der Waals surface area (Å²) in [7, 11) is 0. The maximum atomic E-state index is 13.8. The predicted molar refractivity (Wildman–Crippen MR) is 82.9 cm³/mol. The van der Waals surface area contributed by atoms with Crippen LogP contribution in [-0.4, -0.2) is 17.8 Å². The van der Waals surface area contributed by atoms with E-state index in [9.17, 15) is 13.6 Å². The standard InChI is InChI=1S/C17H16ClF2NO/c18-11-17(22)21-14(9-12-5-1-3-7-15(12)19)10-13-6-2-4-8-16(13)20/h1-8,14H,9-11H2,(H,21,22). The molecule has 0 saturated heterocycles. The highest BCUT2D eigenvalue weighted by molar-refractivity contribution is 6.27. The lowest BCUT2D eigenvalue weighted by Crippen LogP contribution is -2.39. The highest BCUT2D eigenvalue weighted by Crippen LogP contribution is 2.14. The van der Waals surface area contributed by atoms with Crippen molar-refractivity contribution >= 4 is 17.5 Å². The number of hydrogen-bond donors (Lipinski definition) is 1. The lowest BCUT2D eigenvalue weighted by Gasteiger charge is -2.19. The van der Waals surface area contributed by atoms with E-state index < -0.39 is 6.04 Å². The number of amides is 1. The van der Waals surface area contributed by atoms with Crippen LogP contribution in [-0.2, 0) is 17.6 Å². The van der Waals surface area contributed by atoms with Gasteiger partial charge in [-0.3, -0.25) is 4.79 Å². The van der Waals surface area contributed by atoms with Gasteiger partial charge in [-0.1, -0.05) is 36.4 Å². The van der Waals surface area contributed by atoms with Gasteiger partial charge in [-0.25, -0.2) is 8.78 Å². The molecule has 2 aromatic carbocycles. The summed E-state index contributed by atoms with van der Waals surface area (Å²) < 4.78 is 27.5. The number of carbonyl (C=O) groups is 1. The zero-order chi connectivity index (χ0) is 15.9. The smallest absolute Gasteiger partial charge is 0.235 e. The van der Waals surface area contributed by atoms with Crippen molar-refractivity contribution in [1.29, 1.82) is 0 Å². The van der Waals surface area contributed by atoms with E-state index in [2.05, 4.69) is 5.32 Å². The molecular formula is C17H16ClF2NO. The van der Waals surface area contributed by atoms with Gasteiger partial charge in [-0.2, -0.15) is 0 Å². The van der Waals surface area contributed by atoms with Crippen LogP contribution in [0.5, 0.6) is 0 Å². The van der Waals surface area contributed by atoms with Crippen LogP contribution in [0.2, 0.25) is 0 Å². The lowest BCUT2D eigenvalue weighted by atomic mass is 9.98. The molecule has 0 aliphatic carbocycles. The van der Waals surface area contributed by atoms with Crippen molar-refractivity contribution in [3.8, 4) is 0 Å². The van der Waals surface area contributed by atoms with Crippen LogP contribution in [0.4, 0.5) is 8.78 Å². The van der Waals surface area contributed by atoms with E-state index in [-0.39, 0.29) is 36.3 Å². The molecule has 0 aromatic heterocycles. The molecule has 0 aliphatic heterocycles. The minimum Gasteiger partial charge on any atom is -0.352 e. The molecule has 2 nitrogen and oxygen atoms in total. The van der Waals surface area contributed by atoms with Crippen molar-refractivity contribution in [2.75, 3.05) is 5.88 Å². The predicted octanol–water partition coefficient (Wildman–Crippen LogP) is 3.47. The van der Waals surface area contributed by atoms with Gasteiger partial charge in [0.2, 0.25) is 5.91 Å². The fourth-order valence-corrected chi connectivity index (χ4v) is 2.38. The third kappa shape index (κ3) is 4.53. The second-order valence-electron chi connectivity index (χ2n) is 4.99. The van der Waals surface area contributed by atoms with Crippen LogP contribution in [0.25, 0.3) is 0 Å². The molecule has 0 spiro atoms. The molecule has 1 amide bonds. The van der Waals surface area contributed by atoms with Gasteiger partial charge < -0.3 is 5.32 Å². The van der Waals surface area contributed by atoms with Crippen molar-refractivity contribution in [1.82, 2.24) is 5.32 Å². The molecule has 0 atom stereocenters. The topological polar surface area (TPSA) is 29.1 Å². The molecule has 0 saturated carbocycles. The molecule has 0 radical (unpaired) electrons. The molecule has 1 N–H and O–H groups in total. The van der Waals surface area contributed by atoms with Gasteiger partial charge in [0.25, 0.3) is 0 Å². The Hall–Kier alpha value is -1.94. The molecule has 116 valence electrons. The Balaban J connectivity index is 2.17. The Morgan fingerprint density at radius 2 is 1.41 bits per heavy atom. The van der Waals surface area contributed by atoms with Gasteiger partial charge >= 0.3 is 0 Å². The van der Waals surface area contributed by atoms with Gasteiger partial charge in [0.05, 0.1) is 0 Å². The van der Waals surface area contributed by atoms with Gasteiger partial charge in [0, 0.05) is 6.04 Å². The van der Waals surface area contributed by atoms with Crippen molar-refractivity contribution in [3.63, 3.8) is 0 Å². The lowest BCUT2D eigenvalue weighted by molar-refractivity contribution is -0.119. The largest absolute Gasteiger partial charge is 0.352 e. The summed E-state index contributed by atoms with van der Waals surface area (Å²) in [6, 6.07) is 12.2. The van der Waals surface area contributed by atoms with Crippen molar-refractivity contribution in [3.05, 3.63) is 71.3 Å². The monoisotopic (exact) mass is 323 g/mol. The second-order valence-corrected chi connectivity index (χ2v) is 5.26. The molecule has 5 heteroatoms. The fourth-order valence-electron chi connectivity index (χ4n) is 2.30. The minimum atomic E-state index is -0.431. The van der Waals surface area contributed by atoms with Gasteiger partial charge in [0.15, 0.2) is 0 Å². The Morgan fingerprint density at radius 3 is 1.82 bits per heavy atom. The highest BCUT2D eigenvalue weighted by Gasteiger charge is 2.17. The van der Waals surface area contributed by atoms with Crippen LogP contribution in [0.1, 0.15) is 11.1 Å². The Bertz CT molecular complexity index is 601. The molecular weight excluding hydrogens is 308 g/mol.